The lowest BCUT2D eigenvalue weighted by atomic mass is 10.1. The van der Waals surface area contributed by atoms with Crippen LogP contribution in [0, 0.1) is 5.92 Å². The maximum Gasteiger partial charge on any atom is 0.224 e. The average molecular weight is 377 g/mol. The topological polar surface area (TPSA) is 72.2 Å². The molecule has 4 aromatic rings. The van der Waals surface area contributed by atoms with Gasteiger partial charge < -0.3 is 5.32 Å². The highest BCUT2D eigenvalue weighted by Crippen LogP contribution is 2.25. The van der Waals surface area contributed by atoms with E-state index in [-0.39, 0.29) is 5.91 Å². The molecule has 3 heterocycles. The van der Waals surface area contributed by atoms with E-state index < -0.39 is 0 Å². The zero-order chi connectivity index (χ0) is 18.8. The molecule has 0 aliphatic heterocycles. The molecule has 7 heteroatoms. The van der Waals surface area contributed by atoms with Crippen LogP contribution in [-0.2, 0) is 4.79 Å². The van der Waals surface area contributed by atoms with Gasteiger partial charge in [-0.15, -0.1) is 21.5 Å². The van der Waals surface area contributed by atoms with E-state index in [2.05, 4.69) is 15.5 Å². The summed E-state index contributed by atoms with van der Waals surface area (Å²) >= 11 is 1.61. The lowest BCUT2D eigenvalue weighted by Gasteiger charge is -2.08. The van der Waals surface area contributed by atoms with E-state index in [1.807, 2.05) is 67.8 Å². The number of rotatable bonds is 5. The van der Waals surface area contributed by atoms with Gasteiger partial charge in [-0.2, -0.15) is 9.61 Å². The third-order valence-electron chi connectivity index (χ3n) is 4.06. The number of benzene rings is 1. The second kappa shape index (κ2) is 7.28. The predicted molar refractivity (Wildman–Crippen MR) is 108 cm³/mol. The zero-order valence-corrected chi connectivity index (χ0v) is 15.9. The second-order valence-corrected chi connectivity index (χ2v) is 7.66. The number of fused-ring (bicyclic) bond motifs is 1. The molecule has 0 fully saturated rings. The van der Waals surface area contributed by atoms with Crippen molar-refractivity contribution >= 4 is 28.6 Å². The number of hydrogen-bond acceptors (Lipinski definition) is 5. The number of aromatic nitrogens is 4. The third kappa shape index (κ3) is 3.73. The molecule has 0 spiro atoms. The Morgan fingerprint density at radius 1 is 1.11 bits per heavy atom. The zero-order valence-electron chi connectivity index (χ0n) is 15.1. The highest BCUT2D eigenvalue weighted by Gasteiger charge is 2.12. The van der Waals surface area contributed by atoms with Gasteiger partial charge in [-0.3, -0.25) is 4.79 Å². The summed E-state index contributed by atoms with van der Waals surface area (Å²) in [5, 5.41) is 18.1. The monoisotopic (exact) mass is 377 g/mol. The van der Waals surface area contributed by atoms with Gasteiger partial charge in [0.25, 0.3) is 0 Å². The van der Waals surface area contributed by atoms with E-state index in [0.717, 1.165) is 27.6 Å². The molecule has 0 aliphatic rings. The van der Waals surface area contributed by atoms with Crippen molar-refractivity contribution in [2.45, 2.75) is 20.3 Å². The van der Waals surface area contributed by atoms with E-state index in [1.165, 1.54) is 0 Å². The Hall–Kier alpha value is -3.06. The van der Waals surface area contributed by atoms with Crippen molar-refractivity contribution < 1.29 is 4.79 Å². The number of nitrogens with zero attached hydrogens (tertiary/aromatic N) is 4. The van der Waals surface area contributed by atoms with Gasteiger partial charge >= 0.3 is 0 Å². The first kappa shape index (κ1) is 17.4. The van der Waals surface area contributed by atoms with Crippen LogP contribution in [0.15, 0.2) is 53.9 Å². The van der Waals surface area contributed by atoms with Gasteiger partial charge in [0.2, 0.25) is 5.91 Å². The standard InChI is InChI=1S/C20H19N5OS/c1-13(2)12-19(26)21-15-7-5-14(6-8-15)16-9-10-18-22-23-20(25(18)24-16)17-4-3-11-27-17/h3-11,13H,12H2,1-2H3,(H,21,26). The highest BCUT2D eigenvalue weighted by atomic mass is 32.1. The smallest absolute Gasteiger partial charge is 0.224 e. The molecule has 1 N–H and O–H groups in total. The molecular weight excluding hydrogens is 358 g/mol. The van der Waals surface area contributed by atoms with Crippen LogP contribution in [0.5, 0.6) is 0 Å². The second-order valence-electron chi connectivity index (χ2n) is 6.71. The summed E-state index contributed by atoms with van der Waals surface area (Å²) in [4.78, 5) is 12.9. The van der Waals surface area contributed by atoms with Gasteiger partial charge in [-0.25, -0.2) is 0 Å². The number of hydrogen-bond donors (Lipinski definition) is 1. The van der Waals surface area contributed by atoms with Gasteiger partial charge in [-0.1, -0.05) is 32.0 Å². The molecule has 0 atom stereocenters. The van der Waals surface area contributed by atoms with Gasteiger partial charge in [-0.05, 0) is 41.6 Å². The molecule has 0 saturated carbocycles. The normalized spacial score (nSPS) is 11.2. The van der Waals surface area contributed by atoms with E-state index in [1.54, 1.807) is 15.9 Å². The van der Waals surface area contributed by atoms with Crippen LogP contribution < -0.4 is 5.32 Å². The summed E-state index contributed by atoms with van der Waals surface area (Å²) in [6.45, 7) is 4.06. The number of amides is 1. The van der Waals surface area contributed by atoms with E-state index >= 15 is 0 Å². The van der Waals surface area contributed by atoms with Crippen LogP contribution in [0.1, 0.15) is 20.3 Å². The first-order chi connectivity index (χ1) is 13.1. The first-order valence-electron chi connectivity index (χ1n) is 8.77. The summed E-state index contributed by atoms with van der Waals surface area (Å²) in [6, 6.07) is 15.5. The molecule has 0 radical (unpaired) electrons. The van der Waals surface area contributed by atoms with Gasteiger partial charge in [0.05, 0.1) is 10.6 Å². The van der Waals surface area contributed by atoms with Crippen molar-refractivity contribution in [1.29, 1.82) is 0 Å². The van der Waals surface area contributed by atoms with Crippen LogP contribution in [-0.4, -0.2) is 25.7 Å². The fourth-order valence-corrected chi connectivity index (χ4v) is 3.50. The van der Waals surface area contributed by atoms with Crippen molar-refractivity contribution in [1.82, 2.24) is 19.8 Å². The molecule has 27 heavy (non-hydrogen) atoms. The minimum Gasteiger partial charge on any atom is -0.326 e. The van der Waals surface area contributed by atoms with Crippen molar-refractivity contribution in [3.05, 3.63) is 53.9 Å². The quantitative estimate of drug-likeness (QED) is 0.556. The molecular formula is C20H19N5OS. The Morgan fingerprint density at radius 3 is 2.63 bits per heavy atom. The Bertz CT molecular complexity index is 1070. The average Bonchev–Trinajstić information content (AvgIpc) is 3.30. The van der Waals surface area contributed by atoms with E-state index in [4.69, 9.17) is 5.10 Å². The van der Waals surface area contributed by atoms with Crippen molar-refractivity contribution in [3.8, 4) is 22.0 Å². The lowest BCUT2D eigenvalue weighted by Crippen LogP contribution is -2.13. The molecule has 0 bridgehead atoms. The minimum absolute atomic E-state index is 0.0300. The third-order valence-corrected chi connectivity index (χ3v) is 4.93. The van der Waals surface area contributed by atoms with Gasteiger partial charge in [0.1, 0.15) is 0 Å². The Morgan fingerprint density at radius 2 is 1.93 bits per heavy atom. The van der Waals surface area contributed by atoms with Crippen LogP contribution >= 0.6 is 11.3 Å². The maximum atomic E-state index is 11.9. The Labute approximate surface area is 160 Å². The molecule has 6 nitrogen and oxygen atoms in total. The fraction of sp³-hybridized carbons (Fsp3) is 0.200. The molecule has 136 valence electrons. The number of carbonyl (C=O) groups is 1. The van der Waals surface area contributed by atoms with Crippen LogP contribution in [0.3, 0.4) is 0 Å². The SMILES string of the molecule is CC(C)CC(=O)Nc1ccc(-c2ccc3nnc(-c4cccs4)n3n2)cc1. The predicted octanol–water partition coefficient (Wildman–Crippen LogP) is 4.50. The molecule has 1 aromatic carbocycles. The molecule has 4 rings (SSSR count). The van der Waals surface area contributed by atoms with E-state index in [9.17, 15) is 4.79 Å². The molecule has 0 unspecified atom stereocenters. The summed E-state index contributed by atoms with van der Waals surface area (Å²) in [6.07, 6.45) is 0.513. The first-order valence-corrected chi connectivity index (χ1v) is 9.65. The van der Waals surface area contributed by atoms with Gasteiger partial charge in [0.15, 0.2) is 11.5 Å². The molecule has 0 saturated heterocycles. The summed E-state index contributed by atoms with van der Waals surface area (Å²) in [7, 11) is 0. The number of nitrogens with one attached hydrogen (secondary N) is 1. The minimum atomic E-state index is 0.0300. The van der Waals surface area contributed by atoms with Crippen molar-refractivity contribution in [2.24, 2.45) is 5.92 Å². The Kier molecular flexibility index (Phi) is 4.68. The number of carbonyl (C=O) groups excluding carboxylic acids is 1. The lowest BCUT2D eigenvalue weighted by molar-refractivity contribution is -0.116. The van der Waals surface area contributed by atoms with E-state index in [0.29, 0.717) is 18.0 Å². The maximum absolute atomic E-state index is 11.9. The summed E-state index contributed by atoms with van der Waals surface area (Å²) in [5.41, 5.74) is 3.28. The van der Waals surface area contributed by atoms with Crippen LogP contribution in [0.4, 0.5) is 5.69 Å². The summed E-state index contributed by atoms with van der Waals surface area (Å²) < 4.78 is 1.76. The molecule has 1 amide bonds. The molecule has 0 aliphatic carbocycles. The number of thiophene rings is 1. The van der Waals surface area contributed by atoms with Crippen molar-refractivity contribution in [3.63, 3.8) is 0 Å². The van der Waals surface area contributed by atoms with Crippen molar-refractivity contribution in [2.75, 3.05) is 5.32 Å². The molecule has 3 aromatic heterocycles. The number of anilines is 1. The van der Waals surface area contributed by atoms with Crippen LogP contribution in [0.2, 0.25) is 0 Å². The Balaban J connectivity index is 1.60. The fourth-order valence-electron chi connectivity index (χ4n) is 2.81. The highest BCUT2D eigenvalue weighted by molar-refractivity contribution is 7.13. The van der Waals surface area contributed by atoms with Gasteiger partial charge in [0, 0.05) is 17.7 Å². The summed E-state index contributed by atoms with van der Waals surface area (Å²) in [5.74, 6) is 1.10. The van der Waals surface area contributed by atoms with Crippen LogP contribution in [0.25, 0.3) is 27.6 Å². The largest absolute Gasteiger partial charge is 0.326 e.